The van der Waals surface area contributed by atoms with E-state index in [0.29, 0.717) is 5.56 Å². The molecule has 1 N–H and O–H groups in total. The minimum atomic E-state index is -0.181. The summed E-state index contributed by atoms with van der Waals surface area (Å²) in [6, 6.07) is 7.13. The molecule has 1 aromatic carbocycles. The van der Waals surface area contributed by atoms with Gasteiger partial charge in [-0.3, -0.25) is 0 Å². The highest BCUT2D eigenvalue weighted by Gasteiger charge is 2.19. The van der Waals surface area contributed by atoms with Crippen molar-refractivity contribution in [2.75, 3.05) is 6.54 Å². The van der Waals surface area contributed by atoms with E-state index in [9.17, 15) is 4.39 Å². The number of aryl methyl sites for hydroxylation is 2. The molecular weight excluding hydrogens is 229 g/mol. The van der Waals surface area contributed by atoms with Crippen LogP contribution in [-0.4, -0.2) is 6.54 Å². The van der Waals surface area contributed by atoms with Gasteiger partial charge in [-0.2, -0.15) is 0 Å². The number of hydrogen-bond donors (Lipinski definition) is 1. The monoisotopic (exact) mass is 247 g/mol. The molecule has 2 aromatic rings. The van der Waals surface area contributed by atoms with Crippen LogP contribution in [0.3, 0.4) is 0 Å². The third kappa shape index (κ3) is 2.46. The van der Waals surface area contributed by atoms with Gasteiger partial charge in [-0.05, 0) is 49.2 Å². The first kappa shape index (κ1) is 12.8. The highest BCUT2D eigenvalue weighted by atomic mass is 19.1. The topological polar surface area (TPSA) is 25.2 Å². The molecule has 0 spiro atoms. The third-order valence-electron chi connectivity index (χ3n) is 3.10. The summed E-state index contributed by atoms with van der Waals surface area (Å²) in [6.07, 6.45) is 1.67. The summed E-state index contributed by atoms with van der Waals surface area (Å²) in [5, 5.41) is 3.33. The van der Waals surface area contributed by atoms with Crippen LogP contribution in [0.1, 0.15) is 35.4 Å². The molecule has 3 heteroatoms. The molecule has 18 heavy (non-hydrogen) atoms. The predicted molar refractivity (Wildman–Crippen MR) is 70.1 cm³/mol. The lowest BCUT2D eigenvalue weighted by atomic mass is 10.0. The van der Waals surface area contributed by atoms with Crippen molar-refractivity contribution in [1.29, 1.82) is 0 Å². The minimum absolute atomic E-state index is 0.0971. The first-order valence-corrected chi connectivity index (χ1v) is 6.17. The average Bonchev–Trinajstić information content (AvgIpc) is 2.76. The van der Waals surface area contributed by atoms with Crippen molar-refractivity contribution < 1.29 is 8.81 Å². The second kappa shape index (κ2) is 5.36. The molecule has 0 fully saturated rings. The zero-order chi connectivity index (χ0) is 13.1. The Morgan fingerprint density at radius 3 is 2.56 bits per heavy atom. The van der Waals surface area contributed by atoms with Crippen LogP contribution in [0.25, 0.3) is 0 Å². The van der Waals surface area contributed by atoms with E-state index in [4.69, 9.17) is 4.42 Å². The van der Waals surface area contributed by atoms with Gasteiger partial charge >= 0.3 is 0 Å². The molecule has 1 heterocycles. The maximum atomic E-state index is 13.7. The Balaban J connectivity index is 2.41. The predicted octanol–water partition coefficient (Wildman–Crippen LogP) is 3.73. The summed E-state index contributed by atoms with van der Waals surface area (Å²) in [7, 11) is 0. The van der Waals surface area contributed by atoms with Crippen molar-refractivity contribution in [3.05, 3.63) is 58.8 Å². The number of hydrogen-bond acceptors (Lipinski definition) is 2. The quantitative estimate of drug-likeness (QED) is 0.890. The van der Waals surface area contributed by atoms with Gasteiger partial charge in [-0.25, -0.2) is 4.39 Å². The highest BCUT2D eigenvalue weighted by molar-refractivity contribution is 5.33. The lowest BCUT2D eigenvalue weighted by Crippen LogP contribution is -2.22. The molecule has 1 unspecified atom stereocenters. The summed E-state index contributed by atoms with van der Waals surface area (Å²) >= 11 is 0. The summed E-state index contributed by atoms with van der Waals surface area (Å²) in [5.74, 6) is 0.666. The van der Waals surface area contributed by atoms with Crippen LogP contribution in [0, 0.1) is 19.7 Å². The Morgan fingerprint density at radius 1 is 1.22 bits per heavy atom. The lowest BCUT2D eigenvalue weighted by Gasteiger charge is -2.17. The van der Waals surface area contributed by atoms with Gasteiger partial charge < -0.3 is 9.73 Å². The molecular formula is C15H18FNO. The number of rotatable bonds is 4. The first-order chi connectivity index (χ1) is 8.63. The second-order valence-electron chi connectivity index (χ2n) is 4.47. The fourth-order valence-corrected chi connectivity index (χ4v) is 2.03. The van der Waals surface area contributed by atoms with Crippen LogP contribution in [-0.2, 0) is 0 Å². The Labute approximate surface area is 107 Å². The summed E-state index contributed by atoms with van der Waals surface area (Å²) in [4.78, 5) is 0. The Morgan fingerprint density at radius 2 is 2.00 bits per heavy atom. The van der Waals surface area contributed by atoms with Gasteiger partial charge in [0.15, 0.2) is 0 Å². The van der Waals surface area contributed by atoms with E-state index in [-0.39, 0.29) is 11.9 Å². The van der Waals surface area contributed by atoms with Gasteiger partial charge in [0.05, 0.1) is 12.3 Å². The van der Waals surface area contributed by atoms with E-state index < -0.39 is 0 Å². The van der Waals surface area contributed by atoms with E-state index in [0.717, 1.165) is 23.4 Å². The Kier molecular flexibility index (Phi) is 3.82. The van der Waals surface area contributed by atoms with E-state index in [1.54, 1.807) is 25.3 Å². The number of nitrogens with one attached hydrogen (secondary N) is 1. The van der Waals surface area contributed by atoms with Crippen molar-refractivity contribution >= 4 is 0 Å². The fraction of sp³-hybridized carbons (Fsp3) is 0.333. The normalized spacial score (nSPS) is 12.7. The van der Waals surface area contributed by atoms with Crippen molar-refractivity contribution in [1.82, 2.24) is 5.32 Å². The van der Waals surface area contributed by atoms with Gasteiger partial charge in [0, 0.05) is 0 Å². The highest BCUT2D eigenvalue weighted by Crippen LogP contribution is 2.26. The number of halogens is 1. The van der Waals surface area contributed by atoms with Crippen molar-refractivity contribution in [2.24, 2.45) is 0 Å². The van der Waals surface area contributed by atoms with E-state index in [1.165, 1.54) is 0 Å². The maximum absolute atomic E-state index is 13.7. The molecule has 0 aliphatic rings. The smallest absolute Gasteiger partial charge is 0.128 e. The minimum Gasteiger partial charge on any atom is -0.467 e. The zero-order valence-corrected chi connectivity index (χ0v) is 11.0. The molecule has 0 radical (unpaired) electrons. The molecule has 0 saturated carbocycles. The molecule has 0 saturated heterocycles. The SMILES string of the molecule is CCNC(c1ccc(C)c(F)c1)c1occc1C. The molecule has 2 nitrogen and oxygen atoms in total. The van der Waals surface area contributed by atoms with Crippen LogP contribution < -0.4 is 5.32 Å². The van der Waals surface area contributed by atoms with Crippen LogP contribution in [0.5, 0.6) is 0 Å². The van der Waals surface area contributed by atoms with Gasteiger partial charge in [0.25, 0.3) is 0 Å². The fourth-order valence-electron chi connectivity index (χ4n) is 2.03. The van der Waals surface area contributed by atoms with E-state index >= 15 is 0 Å². The molecule has 2 rings (SSSR count). The van der Waals surface area contributed by atoms with Crippen molar-refractivity contribution in [3.63, 3.8) is 0 Å². The molecule has 0 bridgehead atoms. The summed E-state index contributed by atoms with van der Waals surface area (Å²) < 4.78 is 19.2. The number of benzene rings is 1. The molecule has 1 atom stereocenters. The number of furan rings is 1. The van der Waals surface area contributed by atoms with E-state index in [1.807, 2.05) is 26.0 Å². The maximum Gasteiger partial charge on any atom is 0.128 e. The van der Waals surface area contributed by atoms with Gasteiger partial charge in [0.1, 0.15) is 11.6 Å². The van der Waals surface area contributed by atoms with Crippen LogP contribution >= 0.6 is 0 Å². The van der Waals surface area contributed by atoms with Gasteiger partial charge in [0.2, 0.25) is 0 Å². The Bertz CT molecular complexity index is 533. The first-order valence-electron chi connectivity index (χ1n) is 6.17. The van der Waals surface area contributed by atoms with E-state index in [2.05, 4.69) is 5.32 Å². The van der Waals surface area contributed by atoms with Gasteiger partial charge in [-0.1, -0.05) is 19.1 Å². The summed E-state index contributed by atoms with van der Waals surface area (Å²) in [5.41, 5.74) is 2.62. The molecule has 0 aliphatic heterocycles. The summed E-state index contributed by atoms with van der Waals surface area (Å²) in [6.45, 7) is 6.57. The van der Waals surface area contributed by atoms with Crippen LogP contribution in [0.15, 0.2) is 34.9 Å². The zero-order valence-electron chi connectivity index (χ0n) is 11.0. The third-order valence-corrected chi connectivity index (χ3v) is 3.10. The lowest BCUT2D eigenvalue weighted by molar-refractivity contribution is 0.448. The average molecular weight is 247 g/mol. The largest absolute Gasteiger partial charge is 0.467 e. The molecule has 0 amide bonds. The van der Waals surface area contributed by atoms with Crippen LogP contribution in [0.2, 0.25) is 0 Å². The molecule has 96 valence electrons. The van der Waals surface area contributed by atoms with Crippen LogP contribution in [0.4, 0.5) is 4.39 Å². The van der Waals surface area contributed by atoms with Crippen molar-refractivity contribution in [3.8, 4) is 0 Å². The standard InChI is InChI=1S/C15H18FNO/c1-4-17-14(15-11(3)7-8-18-15)12-6-5-10(2)13(16)9-12/h5-9,14,17H,4H2,1-3H3. The second-order valence-corrected chi connectivity index (χ2v) is 4.47. The molecule has 1 aromatic heterocycles. The van der Waals surface area contributed by atoms with Crippen molar-refractivity contribution in [2.45, 2.75) is 26.8 Å². The Hall–Kier alpha value is -1.61. The van der Waals surface area contributed by atoms with Gasteiger partial charge in [-0.15, -0.1) is 0 Å². The molecule has 0 aliphatic carbocycles.